The maximum atomic E-state index is 8.33. The Balaban J connectivity index is 2.83. The Bertz CT molecular complexity index is 155. The third-order valence-corrected chi connectivity index (χ3v) is 0.998. The lowest BCUT2D eigenvalue weighted by molar-refractivity contribution is 0.654. The molecular formula is C4H4N2OS. The number of hydrogen-bond donors (Lipinski definition) is 1. The monoisotopic (exact) mass is 128 g/mol. The summed E-state index contributed by atoms with van der Waals surface area (Å²) in [5.41, 5.74) is 0. The summed E-state index contributed by atoms with van der Waals surface area (Å²) >= 11 is 0.547. The van der Waals surface area contributed by atoms with Crippen LogP contribution in [0, 0.1) is 0 Å². The Hall–Kier alpha value is -0.610. The minimum Gasteiger partial charge on any atom is -0.323 e. The molecule has 1 aromatic heterocycles. The topological polar surface area (TPSA) is 46.0 Å². The highest BCUT2D eigenvalue weighted by atomic mass is 32.2. The van der Waals surface area contributed by atoms with Crippen LogP contribution in [-0.2, 0) is 0 Å². The van der Waals surface area contributed by atoms with E-state index in [4.69, 9.17) is 4.55 Å². The van der Waals surface area contributed by atoms with Crippen LogP contribution in [0.4, 0.5) is 0 Å². The van der Waals surface area contributed by atoms with Crippen molar-refractivity contribution in [1.82, 2.24) is 9.97 Å². The highest BCUT2D eigenvalue weighted by molar-refractivity contribution is 7.93. The number of rotatable bonds is 1. The lowest BCUT2D eigenvalue weighted by Gasteiger charge is -1.85. The average molecular weight is 128 g/mol. The highest BCUT2D eigenvalue weighted by Gasteiger charge is 1.86. The van der Waals surface area contributed by atoms with Gasteiger partial charge in [0, 0.05) is 12.4 Å². The van der Waals surface area contributed by atoms with E-state index in [-0.39, 0.29) is 0 Å². The van der Waals surface area contributed by atoms with Crippen LogP contribution in [0.15, 0.2) is 23.6 Å². The third kappa shape index (κ3) is 1.18. The SMILES string of the molecule is OSc1ncccn1. The van der Waals surface area contributed by atoms with E-state index in [1.807, 2.05) is 0 Å². The Labute approximate surface area is 51.0 Å². The van der Waals surface area contributed by atoms with Crippen LogP contribution in [0.3, 0.4) is 0 Å². The second-order valence-corrected chi connectivity index (χ2v) is 1.67. The molecule has 0 spiro atoms. The molecule has 3 nitrogen and oxygen atoms in total. The van der Waals surface area contributed by atoms with Crippen LogP contribution in [0.5, 0.6) is 0 Å². The maximum absolute atomic E-state index is 8.33. The molecular weight excluding hydrogens is 124 g/mol. The molecule has 0 fully saturated rings. The largest absolute Gasteiger partial charge is 0.323 e. The van der Waals surface area contributed by atoms with Gasteiger partial charge in [0.1, 0.15) is 0 Å². The molecule has 4 heteroatoms. The Morgan fingerprint density at radius 1 is 1.38 bits per heavy atom. The first-order valence-corrected chi connectivity index (χ1v) is 2.79. The van der Waals surface area contributed by atoms with Gasteiger partial charge >= 0.3 is 0 Å². The molecule has 0 radical (unpaired) electrons. The van der Waals surface area contributed by atoms with E-state index in [0.717, 1.165) is 0 Å². The third-order valence-electron chi connectivity index (χ3n) is 0.624. The van der Waals surface area contributed by atoms with Crippen LogP contribution in [0.1, 0.15) is 0 Å². The van der Waals surface area contributed by atoms with Crippen molar-refractivity contribution in [3.8, 4) is 0 Å². The lowest BCUT2D eigenvalue weighted by Crippen LogP contribution is -1.79. The van der Waals surface area contributed by atoms with Gasteiger partial charge in [-0.15, -0.1) is 0 Å². The zero-order valence-electron chi connectivity index (χ0n) is 3.98. The van der Waals surface area contributed by atoms with Gasteiger partial charge in [0.05, 0.1) is 12.0 Å². The molecule has 1 heterocycles. The van der Waals surface area contributed by atoms with Crippen molar-refractivity contribution in [2.45, 2.75) is 5.16 Å². The van der Waals surface area contributed by atoms with Gasteiger partial charge in [0.15, 0.2) is 0 Å². The van der Waals surface area contributed by atoms with E-state index in [1.54, 1.807) is 18.5 Å². The van der Waals surface area contributed by atoms with E-state index >= 15 is 0 Å². The van der Waals surface area contributed by atoms with Crippen molar-refractivity contribution < 1.29 is 4.55 Å². The lowest BCUT2D eigenvalue weighted by atomic mass is 10.7. The molecule has 0 aliphatic heterocycles. The normalized spacial score (nSPS) is 9.12. The molecule has 0 unspecified atom stereocenters. The first kappa shape index (κ1) is 5.53. The molecule has 42 valence electrons. The number of nitrogens with zero attached hydrogens (tertiary/aromatic N) is 2. The maximum Gasteiger partial charge on any atom is 0.214 e. The van der Waals surface area contributed by atoms with Gasteiger partial charge in [0.25, 0.3) is 0 Å². The van der Waals surface area contributed by atoms with Crippen LogP contribution < -0.4 is 0 Å². The summed E-state index contributed by atoms with van der Waals surface area (Å²) in [5.74, 6) is 0. The number of aromatic nitrogens is 2. The second-order valence-electron chi connectivity index (χ2n) is 1.12. The van der Waals surface area contributed by atoms with Crippen LogP contribution in [0.25, 0.3) is 0 Å². The van der Waals surface area contributed by atoms with Gasteiger partial charge in [-0.3, -0.25) is 0 Å². The fourth-order valence-corrected chi connectivity index (χ4v) is 0.549. The van der Waals surface area contributed by atoms with Crippen LogP contribution in [-0.4, -0.2) is 14.5 Å². The molecule has 0 bridgehead atoms. The average Bonchev–Trinajstić information content (AvgIpc) is 1.90. The summed E-state index contributed by atoms with van der Waals surface area (Å²) < 4.78 is 8.33. The quantitative estimate of drug-likeness (QED) is 0.453. The predicted molar refractivity (Wildman–Crippen MR) is 30.5 cm³/mol. The highest BCUT2D eigenvalue weighted by Crippen LogP contribution is 2.02. The summed E-state index contributed by atoms with van der Waals surface area (Å²) in [7, 11) is 0. The summed E-state index contributed by atoms with van der Waals surface area (Å²) in [5, 5.41) is 0.382. The van der Waals surface area contributed by atoms with Crippen molar-refractivity contribution in [2.24, 2.45) is 0 Å². The molecule has 1 N–H and O–H groups in total. The molecule has 1 rings (SSSR count). The first-order valence-electron chi connectivity index (χ1n) is 2.02. The van der Waals surface area contributed by atoms with Crippen molar-refractivity contribution in [1.29, 1.82) is 0 Å². The van der Waals surface area contributed by atoms with E-state index in [0.29, 0.717) is 17.2 Å². The molecule has 0 aliphatic carbocycles. The fraction of sp³-hybridized carbons (Fsp3) is 0. The molecule has 1 aromatic rings. The molecule has 0 amide bonds. The molecule has 8 heavy (non-hydrogen) atoms. The minimum atomic E-state index is 0.382. The summed E-state index contributed by atoms with van der Waals surface area (Å²) in [6.45, 7) is 0. The van der Waals surface area contributed by atoms with Crippen molar-refractivity contribution >= 4 is 12.0 Å². The van der Waals surface area contributed by atoms with Gasteiger partial charge < -0.3 is 4.55 Å². The van der Waals surface area contributed by atoms with Crippen molar-refractivity contribution in [2.75, 3.05) is 0 Å². The second kappa shape index (κ2) is 2.64. The molecule has 0 saturated heterocycles. The smallest absolute Gasteiger partial charge is 0.214 e. The van der Waals surface area contributed by atoms with Gasteiger partial charge in [-0.25, -0.2) is 9.97 Å². The van der Waals surface area contributed by atoms with Crippen molar-refractivity contribution in [3.63, 3.8) is 0 Å². The summed E-state index contributed by atoms with van der Waals surface area (Å²) in [6, 6.07) is 1.69. The van der Waals surface area contributed by atoms with Crippen LogP contribution >= 0.6 is 12.0 Å². The van der Waals surface area contributed by atoms with E-state index < -0.39 is 0 Å². The zero-order valence-corrected chi connectivity index (χ0v) is 4.80. The fourth-order valence-electron chi connectivity index (χ4n) is 0.333. The van der Waals surface area contributed by atoms with Gasteiger partial charge in [-0.05, 0) is 6.07 Å². The Morgan fingerprint density at radius 3 is 2.38 bits per heavy atom. The van der Waals surface area contributed by atoms with Gasteiger partial charge in [0.2, 0.25) is 5.16 Å². The van der Waals surface area contributed by atoms with Gasteiger partial charge in [-0.2, -0.15) is 0 Å². The van der Waals surface area contributed by atoms with E-state index in [9.17, 15) is 0 Å². The first-order chi connectivity index (χ1) is 3.93. The van der Waals surface area contributed by atoms with Crippen molar-refractivity contribution in [3.05, 3.63) is 18.5 Å². The molecule has 0 aliphatic rings. The Kier molecular flexibility index (Phi) is 1.82. The Morgan fingerprint density at radius 2 is 2.00 bits per heavy atom. The van der Waals surface area contributed by atoms with E-state index in [1.165, 1.54) is 0 Å². The molecule has 0 aromatic carbocycles. The summed E-state index contributed by atoms with van der Waals surface area (Å²) in [4.78, 5) is 7.40. The van der Waals surface area contributed by atoms with E-state index in [2.05, 4.69) is 9.97 Å². The number of hydrogen-bond acceptors (Lipinski definition) is 4. The standard InChI is InChI=1S/C4H4N2OS/c7-8-4-5-2-1-3-6-4/h1-3,7H. The van der Waals surface area contributed by atoms with Crippen LogP contribution in [0.2, 0.25) is 0 Å². The molecule has 0 atom stereocenters. The van der Waals surface area contributed by atoms with Gasteiger partial charge in [-0.1, -0.05) is 0 Å². The zero-order chi connectivity index (χ0) is 5.82. The molecule has 0 saturated carbocycles. The summed E-state index contributed by atoms with van der Waals surface area (Å²) in [6.07, 6.45) is 3.15. The predicted octanol–water partition coefficient (Wildman–Crippen LogP) is 1.04. The minimum absolute atomic E-state index is 0.382.